The molecule has 3 aromatic heterocycles. The Bertz CT molecular complexity index is 1070. The summed E-state index contributed by atoms with van der Waals surface area (Å²) in [5.41, 5.74) is 2.02. The second-order valence-electron chi connectivity index (χ2n) is 7.68. The van der Waals surface area contributed by atoms with Crippen LogP contribution in [-0.4, -0.2) is 59.8 Å². The van der Waals surface area contributed by atoms with Gasteiger partial charge in [0.15, 0.2) is 0 Å². The average molecular weight is 567 g/mol. The molecule has 3 aromatic rings. The summed E-state index contributed by atoms with van der Waals surface area (Å²) in [4.78, 5) is 40.5. The highest BCUT2D eigenvalue weighted by Gasteiger charge is 2.12. The van der Waals surface area contributed by atoms with Crippen LogP contribution >= 0.6 is 35.1 Å². The normalized spacial score (nSPS) is 9.83. The Kier molecular flexibility index (Phi) is 15.3. The van der Waals surface area contributed by atoms with Gasteiger partial charge in [-0.05, 0) is 45.9 Å². The van der Waals surface area contributed by atoms with Gasteiger partial charge in [-0.3, -0.25) is 4.29 Å². The van der Waals surface area contributed by atoms with E-state index in [4.69, 9.17) is 35.1 Å². The van der Waals surface area contributed by atoms with Gasteiger partial charge in [-0.25, -0.2) is 14.4 Å². The number of carbonyl (C=O) groups is 3. The Balaban J connectivity index is 0.000000464. The number of aryl methyl sites for hydroxylation is 1. The zero-order chi connectivity index (χ0) is 27.9. The summed E-state index contributed by atoms with van der Waals surface area (Å²) in [6, 6.07) is 4.81. The molecule has 0 saturated carbocycles. The maximum Gasteiger partial charge on any atom is 0.340 e. The molecule has 3 N–H and O–H groups in total. The molecule has 3 rings (SSSR count). The smallest absolute Gasteiger partial charge is 0.340 e. The van der Waals surface area contributed by atoms with Gasteiger partial charge in [0.2, 0.25) is 0 Å². The Morgan fingerprint density at radius 1 is 0.861 bits per heavy atom. The number of nitrogens with one attached hydrogen (secondary N) is 3. The lowest BCUT2D eigenvalue weighted by molar-refractivity contribution is 0.0592. The zero-order valence-corrected chi connectivity index (χ0v) is 23.2. The highest BCUT2D eigenvalue weighted by molar-refractivity contribution is 6.32. The molecule has 0 fully saturated rings. The fraction of sp³-hybridized carbons (Fsp3) is 0.348. The average Bonchev–Trinajstić information content (AvgIpc) is 3.60. The minimum absolute atomic E-state index is 0.193. The largest absolute Gasteiger partial charge is 0.465 e. The molecule has 0 aliphatic rings. The number of hydrogen-bond acceptors (Lipinski definition) is 7. The van der Waals surface area contributed by atoms with Crippen LogP contribution in [0.15, 0.2) is 36.8 Å². The number of rotatable bonds is 3. The van der Waals surface area contributed by atoms with E-state index in [1.54, 1.807) is 24.5 Å². The van der Waals surface area contributed by atoms with E-state index in [-0.39, 0.29) is 17.5 Å². The van der Waals surface area contributed by atoms with E-state index in [0.29, 0.717) is 27.0 Å². The second kappa shape index (κ2) is 16.7. The lowest BCUT2D eigenvalue weighted by atomic mass is 10.2. The third-order valence-corrected chi connectivity index (χ3v) is 4.61. The zero-order valence-electron chi connectivity index (χ0n) is 21.0. The monoisotopic (exact) mass is 565 g/mol. The summed E-state index contributed by atoms with van der Waals surface area (Å²) in [5.74, 6) is -1.11. The van der Waals surface area contributed by atoms with Crippen molar-refractivity contribution in [2.45, 2.75) is 33.3 Å². The van der Waals surface area contributed by atoms with Crippen molar-refractivity contribution in [3.63, 3.8) is 0 Å². The summed E-state index contributed by atoms with van der Waals surface area (Å²) >= 11 is 16.1. The van der Waals surface area contributed by atoms with Crippen LogP contribution in [0.1, 0.15) is 57.5 Å². The van der Waals surface area contributed by atoms with E-state index in [2.05, 4.69) is 33.5 Å². The number of hydrogen-bond donors (Lipinski definition) is 3. The number of ether oxygens (including phenoxy) is 3. The van der Waals surface area contributed by atoms with Crippen molar-refractivity contribution in [3.8, 4) is 0 Å². The fourth-order valence-corrected chi connectivity index (χ4v) is 2.44. The number of aromatic nitrogens is 3. The van der Waals surface area contributed by atoms with Crippen LogP contribution in [0.2, 0.25) is 10.3 Å². The first-order chi connectivity index (χ1) is 16.8. The molecule has 0 spiro atoms. The van der Waals surface area contributed by atoms with Gasteiger partial charge >= 0.3 is 17.9 Å². The van der Waals surface area contributed by atoms with Gasteiger partial charge in [0.05, 0.1) is 55.5 Å². The molecule has 0 unspecified atom stereocenters. The van der Waals surface area contributed by atoms with E-state index < -0.39 is 5.97 Å². The molecule has 13 heteroatoms. The molecular formula is C23H30Cl3N3O7. The van der Waals surface area contributed by atoms with Crippen molar-refractivity contribution < 1.29 is 32.9 Å². The van der Waals surface area contributed by atoms with Crippen LogP contribution in [0.3, 0.4) is 0 Å². The van der Waals surface area contributed by atoms with Crippen LogP contribution in [0.25, 0.3) is 0 Å². The molecule has 0 saturated heterocycles. The van der Waals surface area contributed by atoms with E-state index in [0.717, 1.165) is 5.69 Å². The quantitative estimate of drug-likeness (QED) is 0.262. The van der Waals surface area contributed by atoms with Crippen LogP contribution in [0, 0.1) is 6.92 Å². The molecule has 0 bridgehead atoms. The van der Waals surface area contributed by atoms with E-state index in [1.165, 1.54) is 33.6 Å². The third-order valence-electron chi connectivity index (χ3n) is 3.63. The van der Waals surface area contributed by atoms with Crippen molar-refractivity contribution in [1.82, 2.24) is 15.0 Å². The molecule has 0 amide bonds. The van der Waals surface area contributed by atoms with Crippen LogP contribution in [-0.2, 0) is 18.5 Å². The standard InChI is InChI=1S/C7H8ClNO2.C6H6ClNO2.C6H7NO2.C4H9ClO/c1-4-3-5(6(8)9-4)7(10)11-2;1-10-6(9)4-2-5(7)8-3-4;1-9-6(8)5-2-3-7-4-5;1-4(2,3)6-5/h3,9H,1-2H3;2-3,8H,1H3;2-4,7H,1H3;1-3H3. The van der Waals surface area contributed by atoms with E-state index in [9.17, 15) is 14.4 Å². The SMILES string of the molecule is CC(C)(C)OCl.COC(=O)c1c[nH]c(Cl)c1.COC(=O)c1cc(C)[nH]c1Cl.COC(=O)c1cc[nH]c1. The Labute approximate surface area is 224 Å². The highest BCUT2D eigenvalue weighted by Crippen LogP contribution is 2.16. The maximum absolute atomic E-state index is 10.9. The summed E-state index contributed by atoms with van der Waals surface area (Å²) in [6.45, 7) is 7.48. The molecule has 10 nitrogen and oxygen atoms in total. The lowest BCUT2D eigenvalue weighted by Crippen LogP contribution is -2.12. The molecule has 0 atom stereocenters. The minimum atomic E-state index is -0.417. The van der Waals surface area contributed by atoms with E-state index >= 15 is 0 Å². The Hall–Kier alpha value is -2.92. The number of methoxy groups -OCH3 is 3. The van der Waals surface area contributed by atoms with Crippen molar-refractivity contribution in [1.29, 1.82) is 0 Å². The van der Waals surface area contributed by atoms with Gasteiger partial charge in [0.1, 0.15) is 10.3 Å². The van der Waals surface area contributed by atoms with Crippen LogP contribution in [0.4, 0.5) is 0 Å². The van der Waals surface area contributed by atoms with Crippen molar-refractivity contribution in [2.24, 2.45) is 0 Å². The second-order valence-corrected chi connectivity index (χ2v) is 8.62. The fourth-order valence-electron chi connectivity index (χ4n) is 1.99. The molecule has 0 aromatic carbocycles. The van der Waals surface area contributed by atoms with Gasteiger partial charge in [0.25, 0.3) is 0 Å². The first-order valence-corrected chi connectivity index (χ1v) is 11.2. The Morgan fingerprint density at radius 2 is 1.39 bits per heavy atom. The Morgan fingerprint density at radius 3 is 1.72 bits per heavy atom. The summed E-state index contributed by atoms with van der Waals surface area (Å²) in [7, 11) is 4.00. The molecular weight excluding hydrogens is 537 g/mol. The first kappa shape index (κ1) is 33.1. The molecule has 0 aliphatic carbocycles. The number of esters is 3. The van der Waals surface area contributed by atoms with Crippen molar-refractivity contribution >= 4 is 53.0 Å². The number of halogens is 3. The van der Waals surface area contributed by atoms with Crippen molar-refractivity contribution in [2.75, 3.05) is 21.3 Å². The number of aromatic amines is 3. The summed E-state index contributed by atoms with van der Waals surface area (Å²) in [5, 5.41) is 0.759. The molecule has 0 aliphatic heterocycles. The summed E-state index contributed by atoms with van der Waals surface area (Å²) in [6.07, 6.45) is 4.76. The molecule has 0 radical (unpaired) electrons. The molecule has 200 valence electrons. The van der Waals surface area contributed by atoms with E-state index in [1.807, 2.05) is 27.7 Å². The predicted octanol–water partition coefficient (Wildman–Crippen LogP) is 5.97. The predicted molar refractivity (Wildman–Crippen MR) is 138 cm³/mol. The van der Waals surface area contributed by atoms with Crippen LogP contribution in [0.5, 0.6) is 0 Å². The highest BCUT2D eigenvalue weighted by atomic mass is 35.5. The van der Waals surface area contributed by atoms with Crippen LogP contribution < -0.4 is 0 Å². The van der Waals surface area contributed by atoms with Gasteiger partial charge in [-0.2, -0.15) is 0 Å². The first-order valence-electron chi connectivity index (χ1n) is 10.2. The van der Waals surface area contributed by atoms with Gasteiger partial charge < -0.3 is 29.2 Å². The number of H-pyrrole nitrogens is 3. The number of carbonyl (C=O) groups excluding carboxylic acids is 3. The lowest BCUT2D eigenvalue weighted by Gasteiger charge is -2.10. The molecule has 36 heavy (non-hydrogen) atoms. The summed E-state index contributed by atoms with van der Waals surface area (Å²) < 4.78 is 17.8. The topological polar surface area (TPSA) is 136 Å². The van der Waals surface area contributed by atoms with Gasteiger partial charge in [0, 0.05) is 24.3 Å². The minimum Gasteiger partial charge on any atom is -0.465 e. The maximum atomic E-state index is 10.9. The van der Waals surface area contributed by atoms with Gasteiger partial charge in [-0.15, -0.1) is 0 Å². The third kappa shape index (κ3) is 13.2. The van der Waals surface area contributed by atoms with Crippen molar-refractivity contribution in [3.05, 3.63) is 69.5 Å². The molecule has 3 heterocycles. The van der Waals surface area contributed by atoms with Gasteiger partial charge in [-0.1, -0.05) is 23.2 Å².